The van der Waals surface area contributed by atoms with Crippen LogP contribution in [-0.2, 0) is 9.59 Å². The summed E-state index contributed by atoms with van der Waals surface area (Å²) in [7, 11) is 1.61. The van der Waals surface area contributed by atoms with E-state index < -0.39 is 18.3 Å². The number of aliphatic hydroxyl groups excluding tert-OH is 1. The van der Waals surface area contributed by atoms with Gasteiger partial charge in [-0.2, -0.15) is 5.26 Å². The average Bonchev–Trinajstić information content (AvgIpc) is 3.13. The highest BCUT2D eigenvalue weighted by molar-refractivity contribution is 5.87. The van der Waals surface area contributed by atoms with Crippen molar-refractivity contribution >= 4 is 22.7 Å². The Labute approximate surface area is 192 Å². The Bertz CT molecular complexity index is 1120. The maximum Gasteiger partial charge on any atom is 0.238 e. The van der Waals surface area contributed by atoms with E-state index in [0.717, 1.165) is 23.7 Å². The van der Waals surface area contributed by atoms with Crippen molar-refractivity contribution in [3.63, 3.8) is 0 Å². The smallest absolute Gasteiger partial charge is 0.238 e. The molecule has 1 aromatic heterocycles. The number of methoxy groups -OCH3 is 1. The number of carbonyl (C=O) groups is 2. The highest BCUT2D eigenvalue weighted by Crippen LogP contribution is 2.56. The maximum absolute atomic E-state index is 13.3. The minimum Gasteiger partial charge on any atom is -0.496 e. The SMILES string of the molecule is COc1cccc2[nH]c(C(O)N3CC4(CC4)CC3C(=O)NC(C#N)CC3CCNC3=O)cc12. The van der Waals surface area contributed by atoms with Crippen LogP contribution in [0.4, 0.5) is 0 Å². The van der Waals surface area contributed by atoms with Crippen LogP contribution in [0, 0.1) is 22.7 Å². The molecule has 5 rings (SSSR count). The van der Waals surface area contributed by atoms with Crippen molar-refractivity contribution in [2.75, 3.05) is 20.2 Å². The van der Waals surface area contributed by atoms with Crippen molar-refractivity contribution in [3.8, 4) is 11.8 Å². The molecule has 4 N–H and O–H groups in total. The van der Waals surface area contributed by atoms with Crippen LogP contribution in [0.25, 0.3) is 10.9 Å². The van der Waals surface area contributed by atoms with Gasteiger partial charge in [-0.3, -0.25) is 14.5 Å². The lowest BCUT2D eigenvalue weighted by molar-refractivity contribution is -0.130. The second kappa shape index (κ2) is 8.36. The van der Waals surface area contributed by atoms with Crippen molar-refractivity contribution in [3.05, 3.63) is 30.0 Å². The lowest BCUT2D eigenvalue weighted by Crippen LogP contribution is -2.48. The molecule has 2 amide bonds. The number of H-pyrrole nitrogens is 1. The standard InChI is InChI=1S/C24H29N5O4/c1-33-20-4-2-3-17-16(20)10-18(28-17)23(32)29-13-24(6-7-24)11-19(29)22(31)27-15(12-25)9-14-5-8-26-21(14)30/h2-4,10,14-15,19,23,28,32H,5-9,11,13H2,1H3,(H,26,30)(H,27,31). The van der Waals surface area contributed by atoms with Gasteiger partial charge in [0.05, 0.1) is 24.9 Å². The number of carbonyl (C=O) groups excluding carboxylic acids is 2. The molecular formula is C24H29N5O4. The minimum atomic E-state index is -0.987. The van der Waals surface area contributed by atoms with E-state index in [-0.39, 0.29) is 23.1 Å². The lowest BCUT2D eigenvalue weighted by atomic mass is 9.98. The highest BCUT2D eigenvalue weighted by atomic mass is 16.5. The van der Waals surface area contributed by atoms with Crippen LogP contribution >= 0.6 is 0 Å². The number of fused-ring (bicyclic) bond motifs is 1. The summed E-state index contributed by atoms with van der Waals surface area (Å²) in [5, 5.41) is 27.3. The van der Waals surface area contributed by atoms with Gasteiger partial charge in [0, 0.05) is 29.9 Å². The molecule has 3 fully saturated rings. The van der Waals surface area contributed by atoms with E-state index in [4.69, 9.17) is 4.74 Å². The molecule has 9 heteroatoms. The largest absolute Gasteiger partial charge is 0.496 e. The van der Waals surface area contributed by atoms with Crippen molar-refractivity contribution in [2.45, 2.75) is 50.4 Å². The average molecular weight is 452 g/mol. The zero-order chi connectivity index (χ0) is 23.2. The second-order valence-electron chi connectivity index (χ2n) is 9.61. The molecule has 3 aliphatic rings. The van der Waals surface area contributed by atoms with Gasteiger partial charge in [0.25, 0.3) is 0 Å². The summed E-state index contributed by atoms with van der Waals surface area (Å²) < 4.78 is 5.43. The molecule has 4 unspecified atom stereocenters. The molecule has 2 aliphatic heterocycles. The summed E-state index contributed by atoms with van der Waals surface area (Å²) >= 11 is 0. The summed E-state index contributed by atoms with van der Waals surface area (Å²) in [6.45, 7) is 1.23. The van der Waals surface area contributed by atoms with E-state index in [9.17, 15) is 20.0 Å². The topological polar surface area (TPSA) is 130 Å². The molecule has 9 nitrogen and oxygen atoms in total. The number of hydrogen-bond acceptors (Lipinski definition) is 6. The van der Waals surface area contributed by atoms with Gasteiger partial charge in [-0.1, -0.05) is 6.07 Å². The quantitative estimate of drug-likeness (QED) is 0.505. The fraction of sp³-hybridized carbons (Fsp3) is 0.542. The molecule has 4 atom stereocenters. The number of amides is 2. The zero-order valence-corrected chi connectivity index (χ0v) is 18.6. The summed E-state index contributed by atoms with van der Waals surface area (Å²) in [5.41, 5.74) is 1.51. The number of aliphatic hydroxyl groups is 1. The Kier molecular flexibility index (Phi) is 5.51. The third-order valence-electron chi connectivity index (χ3n) is 7.42. The van der Waals surface area contributed by atoms with Crippen molar-refractivity contribution in [1.29, 1.82) is 5.26 Å². The van der Waals surface area contributed by atoms with Crippen LogP contribution < -0.4 is 15.4 Å². The van der Waals surface area contributed by atoms with Crippen molar-refractivity contribution in [2.24, 2.45) is 11.3 Å². The van der Waals surface area contributed by atoms with Crippen LogP contribution in [0.2, 0.25) is 0 Å². The van der Waals surface area contributed by atoms with Gasteiger partial charge in [0.1, 0.15) is 18.0 Å². The maximum atomic E-state index is 13.3. The Morgan fingerprint density at radius 2 is 2.27 bits per heavy atom. The van der Waals surface area contributed by atoms with Gasteiger partial charge in [0.2, 0.25) is 11.8 Å². The number of nitrogens with zero attached hydrogens (tertiary/aromatic N) is 2. The van der Waals surface area contributed by atoms with Crippen LogP contribution in [0.5, 0.6) is 5.75 Å². The predicted molar refractivity (Wildman–Crippen MR) is 120 cm³/mol. The van der Waals surface area contributed by atoms with Crippen molar-refractivity contribution in [1.82, 2.24) is 20.5 Å². The molecule has 0 radical (unpaired) electrons. The first-order valence-electron chi connectivity index (χ1n) is 11.5. The molecule has 1 spiro atoms. The minimum absolute atomic E-state index is 0.0557. The third kappa shape index (κ3) is 4.05. The normalized spacial score (nSPS) is 25.5. The molecule has 174 valence electrons. The Morgan fingerprint density at radius 1 is 1.45 bits per heavy atom. The van der Waals surface area contributed by atoms with E-state index >= 15 is 0 Å². The predicted octanol–water partition coefficient (Wildman–Crippen LogP) is 1.56. The van der Waals surface area contributed by atoms with Crippen LogP contribution in [0.3, 0.4) is 0 Å². The Morgan fingerprint density at radius 3 is 2.94 bits per heavy atom. The molecule has 2 saturated heterocycles. The number of aromatic nitrogens is 1. The number of nitrogens with one attached hydrogen (secondary N) is 3. The number of benzene rings is 1. The van der Waals surface area contributed by atoms with Crippen LogP contribution in [-0.4, -0.2) is 59.1 Å². The Balaban J connectivity index is 1.34. The molecule has 2 aromatic rings. The van der Waals surface area contributed by atoms with Gasteiger partial charge in [-0.05, 0) is 55.7 Å². The summed E-state index contributed by atoms with van der Waals surface area (Å²) in [5.74, 6) is 0.130. The molecule has 1 aliphatic carbocycles. The first-order chi connectivity index (χ1) is 15.9. The monoisotopic (exact) mass is 451 g/mol. The van der Waals surface area contributed by atoms with Crippen molar-refractivity contribution < 1.29 is 19.4 Å². The number of rotatable bonds is 7. The first kappa shape index (κ1) is 21.7. The number of ether oxygens (including phenoxy) is 1. The second-order valence-corrected chi connectivity index (χ2v) is 9.61. The number of likely N-dealkylation sites (tertiary alicyclic amines) is 1. The molecule has 1 aromatic carbocycles. The molecule has 33 heavy (non-hydrogen) atoms. The fourth-order valence-corrected chi connectivity index (χ4v) is 5.34. The lowest BCUT2D eigenvalue weighted by Gasteiger charge is -2.29. The van der Waals surface area contributed by atoms with Crippen LogP contribution in [0.15, 0.2) is 24.3 Å². The summed E-state index contributed by atoms with van der Waals surface area (Å²) in [4.78, 5) is 30.2. The summed E-state index contributed by atoms with van der Waals surface area (Å²) in [6.07, 6.45) is 2.71. The first-order valence-corrected chi connectivity index (χ1v) is 11.5. The van der Waals surface area contributed by atoms with Gasteiger partial charge in [-0.15, -0.1) is 0 Å². The zero-order valence-electron chi connectivity index (χ0n) is 18.6. The molecule has 3 heterocycles. The van der Waals surface area contributed by atoms with Gasteiger partial charge >= 0.3 is 0 Å². The van der Waals surface area contributed by atoms with E-state index in [1.54, 1.807) is 7.11 Å². The summed E-state index contributed by atoms with van der Waals surface area (Å²) in [6, 6.07) is 8.39. The van der Waals surface area contributed by atoms with E-state index in [1.165, 1.54) is 0 Å². The van der Waals surface area contributed by atoms with E-state index in [2.05, 4.69) is 21.7 Å². The third-order valence-corrected chi connectivity index (χ3v) is 7.42. The number of nitriles is 1. The van der Waals surface area contributed by atoms with Gasteiger partial charge < -0.3 is 25.5 Å². The van der Waals surface area contributed by atoms with Gasteiger partial charge in [0.15, 0.2) is 0 Å². The van der Waals surface area contributed by atoms with E-state index in [0.29, 0.717) is 43.8 Å². The molecule has 0 bridgehead atoms. The van der Waals surface area contributed by atoms with E-state index in [1.807, 2.05) is 29.2 Å². The Hall–Kier alpha value is -3.09. The fourth-order valence-electron chi connectivity index (χ4n) is 5.34. The van der Waals surface area contributed by atoms with Crippen LogP contribution in [0.1, 0.15) is 44.0 Å². The number of aromatic amines is 1. The highest BCUT2D eigenvalue weighted by Gasteiger charge is 2.55. The molecule has 1 saturated carbocycles. The van der Waals surface area contributed by atoms with Gasteiger partial charge in [-0.25, -0.2) is 0 Å². The number of hydrogen-bond donors (Lipinski definition) is 4. The molecular weight excluding hydrogens is 422 g/mol.